The molecule has 1 unspecified atom stereocenters. The van der Waals surface area contributed by atoms with Gasteiger partial charge in [-0.05, 0) is 29.7 Å². The van der Waals surface area contributed by atoms with Crippen LogP contribution in [0, 0.1) is 0 Å². The molecule has 2 nitrogen and oxygen atoms in total. The fourth-order valence-electron chi connectivity index (χ4n) is 2.13. The molecule has 0 spiro atoms. The van der Waals surface area contributed by atoms with Crippen molar-refractivity contribution >= 4 is 11.8 Å². The molecule has 72 valence electrons. The lowest BCUT2D eigenvalue weighted by molar-refractivity contribution is 0.126. The summed E-state index contributed by atoms with van der Waals surface area (Å²) in [5, 5.41) is 3.55. The minimum Gasteiger partial charge on any atom is -0.378 e. The minimum absolute atomic E-state index is 0.499. The average Bonchev–Trinajstić information content (AvgIpc) is 2.26. The predicted molar refractivity (Wildman–Crippen MR) is 57.3 cm³/mol. The van der Waals surface area contributed by atoms with Crippen molar-refractivity contribution in [3.8, 4) is 0 Å². The molecule has 3 rings (SSSR count). The van der Waals surface area contributed by atoms with Crippen molar-refractivity contribution in [1.29, 1.82) is 0 Å². The second-order valence-electron chi connectivity index (χ2n) is 3.84. The lowest BCUT2D eigenvalue weighted by atomic mass is 9.95. The first-order valence-corrected chi connectivity index (χ1v) is 5.07. The van der Waals surface area contributed by atoms with Gasteiger partial charge in [0.1, 0.15) is 0 Å². The van der Waals surface area contributed by atoms with Gasteiger partial charge < -0.3 is 10.1 Å². The highest BCUT2D eigenvalue weighted by molar-refractivity contribution is 5.73. The molecule has 1 aromatic carbocycles. The van der Waals surface area contributed by atoms with Crippen molar-refractivity contribution in [3.05, 3.63) is 35.4 Å². The SMILES string of the molecule is C1=C2COCCC2Nc2ccccc21. The second-order valence-corrected chi connectivity index (χ2v) is 3.84. The molecule has 2 heterocycles. The number of fused-ring (bicyclic) bond motifs is 2. The van der Waals surface area contributed by atoms with E-state index in [2.05, 4.69) is 35.7 Å². The molecular weight excluding hydrogens is 174 g/mol. The van der Waals surface area contributed by atoms with Crippen LogP contribution in [-0.4, -0.2) is 19.3 Å². The normalized spacial score (nSPS) is 24.3. The summed E-state index contributed by atoms with van der Waals surface area (Å²) in [6.45, 7) is 1.66. The summed E-state index contributed by atoms with van der Waals surface area (Å²) in [5.41, 5.74) is 3.92. The molecule has 1 saturated heterocycles. The van der Waals surface area contributed by atoms with Gasteiger partial charge in [0.2, 0.25) is 0 Å². The van der Waals surface area contributed by atoms with Gasteiger partial charge >= 0.3 is 0 Å². The van der Waals surface area contributed by atoms with Crippen LogP contribution in [0.5, 0.6) is 0 Å². The summed E-state index contributed by atoms with van der Waals surface area (Å²) in [7, 11) is 0. The number of rotatable bonds is 0. The van der Waals surface area contributed by atoms with Gasteiger partial charge in [-0.1, -0.05) is 18.2 Å². The van der Waals surface area contributed by atoms with E-state index in [1.165, 1.54) is 16.8 Å². The van der Waals surface area contributed by atoms with E-state index in [1.54, 1.807) is 0 Å². The summed E-state index contributed by atoms with van der Waals surface area (Å²) in [5.74, 6) is 0. The van der Waals surface area contributed by atoms with Crippen molar-refractivity contribution in [3.63, 3.8) is 0 Å². The molecule has 1 fully saturated rings. The molecular formula is C12H13NO. The Hall–Kier alpha value is -1.28. The molecule has 2 aliphatic heterocycles. The van der Waals surface area contributed by atoms with Crippen LogP contribution in [0.1, 0.15) is 12.0 Å². The smallest absolute Gasteiger partial charge is 0.0699 e. The van der Waals surface area contributed by atoms with Crippen molar-refractivity contribution in [1.82, 2.24) is 0 Å². The Morgan fingerprint density at radius 3 is 3.21 bits per heavy atom. The lowest BCUT2D eigenvalue weighted by Gasteiger charge is -2.31. The highest BCUT2D eigenvalue weighted by Gasteiger charge is 2.23. The fourth-order valence-corrected chi connectivity index (χ4v) is 2.13. The number of benzene rings is 1. The van der Waals surface area contributed by atoms with E-state index >= 15 is 0 Å². The van der Waals surface area contributed by atoms with E-state index in [9.17, 15) is 0 Å². The maximum absolute atomic E-state index is 5.45. The Kier molecular flexibility index (Phi) is 1.81. The van der Waals surface area contributed by atoms with E-state index in [-0.39, 0.29) is 0 Å². The topological polar surface area (TPSA) is 21.3 Å². The summed E-state index contributed by atoms with van der Waals surface area (Å²) < 4.78 is 5.45. The minimum atomic E-state index is 0.499. The van der Waals surface area contributed by atoms with Crippen LogP contribution in [0.3, 0.4) is 0 Å². The number of hydrogen-bond acceptors (Lipinski definition) is 2. The third-order valence-corrected chi connectivity index (χ3v) is 2.90. The maximum Gasteiger partial charge on any atom is 0.0699 e. The van der Waals surface area contributed by atoms with Crippen molar-refractivity contribution in [2.45, 2.75) is 12.5 Å². The zero-order chi connectivity index (χ0) is 9.38. The molecule has 2 heteroatoms. The van der Waals surface area contributed by atoms with E-state index in [0.29, 0.717) is 6.04 Å². The molecule has 1 aromatic rings. The molecule has 0 radical (unpaired) electrons. The Balaban J connectivity index is 2.03. The first-order valence-electron chi connectivity index (χ1n) is 5.07. The van der Waals surface area contributed by atoms with E-state index in [0.717, 1.165) is 19.6 Å². The van der Waals surface area contributed by atoms with Crippen LogP contribution < -0.4 is 5.32 Å². The summed E-state index contributed by atoms with van der Waals surface area (Å²) in [6.07, 6.45) is 3.34. The van der Waals surface area contributed by atoms with Gasteiger partial charge in [0.25, 0.3) is 0 Å². The zero-order valence-electron chi connectivity index (χ0n) is 7.99. The van der Waals surface area contributed by atoms with Crippen LogP contribution in [0.2, 0.25) is 0 Å². The lowest BCUT2D eigenvalue weighted by Crippen LogP contribution is -2.32. The monoisotopic (exact) mass is 187 g/mol. The third kappa shape index (κ3) is 1.23. The number of nitrogens with one attached hydrogen (secondary N) is 1. The van der Waals surface area contributed by atoms with Crippen LogP contribution in [0.25, 0.3) is 6.08 Å². The molecule has 1 N–H and O–H groups in total. The van der Waals surface area contributed by atoms with Gasteiger partial charge in [-0.3, -0.25) is 0 Å². The standard InChI is InChI=1S/C12H13NO/c1-2-4-11-9(3-1)7-10-8-14-6-5-12(10)13-11/h1-4,7,12-13H,5-6,8H2. The number of para-hydroxylation sites is 1. The molecule has 0 amide bonds. The highest BCUT2D eigenvalue weighted by Crippen LogP contribution is 2.29. The van der Waals surface area contributed by atoms with Gasteiger partial charge in [0, 0.05) is 12.3 Å². The van der Waals surface area contributed by atoms with E-state index in [4.69, 9.17) is 4.74 Å². The highest BCUT2D eigenvalue weighted by atomic mass is 16.5. The summed E-state index contributed by atoms with van der Waals surface area (Å²) in [6, 6.07) is 8.92. The Labute approximate surface area is 83.6 Å². The number of anilines is 1. The van der Waals surface area contributed by atoms with Crippen molar-refractivity contribution < 1.29 is 4.74 Å². The molecule has 0 aromatic heterocycles. The number of hydrogen-bond donors (Lipinski definition) is 1. The average molecular weight is 187 g/mol. The molecule has 14 heavy (non-hydrogen) atoms. The van der Waals surface area contributed by atoms with Gasteiger partial charge in [-0.15, -0.1) is 0 Å². The van der Waals surface area contributed by atoms with Crippen LogP contribution in [-0.2, 0) is 4.74 Å². The fraction of sp³-hybridized carbons (Fsp3) is 0.333. The van der Waals surface area contributed by atoms with Crippen LogP contribution in [0.4, 0.5) is 5.69 Å². The van der Waals surface area contributed by atoms with Gasteiger partial charge in [0.15, 0.2) is 0 Å². The zero-order valence-corrected chi connectivity index (χ0v) is 7.99. The summed E-state index contributed by atoms with van der Waals surface area (Å²) >= 11 is 0. The van der Waals surface area contributed by atoms with Crippen LogP contribution >= 0.6 is 0 Å². The van der Waals surface area contributed by atoms with Crippen molar-refractivity contribution in [2.75, 3.05) is 18.5 Å². The van der Waals surface area contributed by atoms with Gasteiger partial charge in [0.05, 0.1) is 12.6 Å². The van der Waals surface area contributed by atoms with Gasteiger partial charge in [-0.25, -0.2) is 0 Å². The first kappa shape index (κ1) is 8.06. The molecule has 0 aliphatic carbocycles. The van der Waals surface area contributed by atoms with Crippen molar-refractivity contribution in [2.24, 2.45) is 0 Å². The second kappa shape index (κ2) is 3.14. The largest absolute Gasteiger partial charge is 0.378 e. The first-order chi connectivity index (χ1) is 6.93. The maximum atomic E-state index is 5.45. The Morgan fingerprint density at radius 2 is 2.21 bits per heavy atom. The molecule has 0 saturated carbocycles. The Bertz CT molecular complexity index is 384. The van der Waals surface area contributed by atoms with E-state index < -0.39 is 0 Å². The van der Waals surface area contributed by atoms with E-state index in [1.807, 2.05) is 0 Å². The molecule has 2 aliphatic rings. The van der Waals surface area contributed by atoms with Gasteiger partial charge in [-0.2, -0.15) is 0 Å². The molecule has 0 bridgehead atoms. The third-order valence-electron chi connectivity index (χ3n) is 2.90. The number of ether oxygens (including phenoxy) is 1. The predicted octanol–water partition coefficient (Wildman–Crippen LogP) is 2.28. The quantitative estimate of drug-likeness (QED) is 0.672. The Morgan fingerprint density at radius 1 is 1.29 bits per heavy atom. The van der Waals surface area contributed by atoms with Crippen LogP contribution in [0.15, 0.2) is 29.8 Å². The summed E-state index contributed by atoms with van der Waals surface area (Å²) in [4.78, 5) is 0. The molecule has 1 atom stereocenters.